The first-order valence-corrected chi connectivity index (χ1v) is 8.37. The van der Waals surface area contributed by atoms with Gasteiger partial charge in [0.25, 0.3) is 0 Å². The summed E-state index contributed by atoms with van der Waals surface area (Å²) in [6.45, 7) is 4.49. The summed E-state index contributed by atoms with van der Waals surface area (Å²) in [6, 6.07) is 7.82. The first-order chi connectivity index (χ1) is 11.7. The van der Waals surface area contributed by atoms with Crippen LogP contribution in [0.5, 0.6) is 5.75 Å². The van der Waals surface area contributed by atoms with Crippen molar-refractivity contribution < 1.29 is 4.74 Å². The Bertz CT molecular complexity index is 907. The van der Waals surface area contributed by atoms with Crippen LogP contribution in [0.25, 0.3) is 10.8 Å². The van der Waals surface area contributed by atoms with Gasteiger partial charge in [0, 0.05) is 24.9 Å². The number of aromatic nitrogens is 4. The molecule has 7 heteroatoms. The summed E-state index contributed by atoms with van der Waals surface area (Å²) in [7, 11) is 1.66. The molecule has 1 aromatic carbocycles. The number of benzene rings is 1. The third kappa shape index (κ3) is 2.47. The van der Waals surface area contributed by atoms with E-state index >= 15 is 0 Å². The zero-order chi connectivity index (χ0) is 16.7. The maximum atomic E-state index is 6.25. The molecule has 0 N–H and O–H groups in total. The molecule has 1 aliphatic rings. The van der Waals surface area contributed by atoms with Gasteiger partial charge in [-0.2, -0.15) is 0 Å². The summed E-state index contributed by atoms with van der Waals surface area (Å²) >= 11 is 6.25. The zero-order valence-corrected chi connectivity index (χ0v) is 14.4. The number of pyridine rings is 1. The lowest BCUT2D eigenvalue weighted by atomic mass is 10.1. The highest BCUT2D eigenvalue weighted by molar-refractivity contribution is 6.30. The highest BCUT2D eigenvalue weighted by atomic mass is 35.5. The minimum Gasteiger partial charge on any atom is -0.497 e. The van der Waals surface area contributed by atoms with E-state index in [1.165, 1.54) is 0 Å². The second-order valence-corrected chi connectivity index (χ2v) is 6.20. The van der Waals surface area contributed by atoms with E-state index in [-0.39, 0.29) is 0 Å². The lowest BCUT2D eigenvalue weighted by Gasteiger charge is -2.29. The molecule has 0 unspecified atom stereocenters. The Kier molecular flexibility index (Phi) is 3.76. The third-order valence-electron chi connectivity index (χ3n) is 4.43. The van der Waals surface area contributed by atoms with Crippen LogP contribution in [0.4, 0.5) is 5.82 Å². The molecule has 1 aliphatic heterocycles. The molecule has 2 aromatic heterocycles. The van der Waals surface area contributed by atoms with Crippen LogP contribution in [0.2, 0.25) is 5.15 Å². The van der Waals surface area contributed by atoms with E-state index in [0.29, 0.717) is 11.7 Å². The number of halogens is 1. The van der Waals surface area contributed by atoms with Gasteiger partial charge >= 0.3 is 0 Å². The first kappa shape index (κ1) is 15.2. The number of hydrogen-bond donors (Lipinski definition) is 0. The minimum atomic E-state index is 0.479. The Balaban J connectivity index is 1.76. The van der Waals surface area contributed by atoms with Gasteiger partial charge in [-0.15, -0.1) is 10.2 Å². The van der Waals surface area contributed by atoms with Crippen molar-refractivity contribution in [2.45, 2.75) is 26.4 Å². The highest BCUT2D eigenvalue weighted by Gasteiger charge is 2.23. The number of nitrogens with zero attached hydrogens (tertiary/aromatic N) is 5. The van der Waals surface area contributed by atoms with Crippen molar-refractivity contribution in [2.75, 3.05) is 18.6 Å². The fourth-order valence-corrected chi connectivity index (χ4v) is 3.41. The van der Waals surface area contributed by atoms with Crippen molar-refractivity contribution in [2.24, 2.45) is 0 Å². The molecule has 0 saturated heterocycles. The average Bonchev–Trinajstić information content (AvgIpc) is 3.02. The molecule has 3 aromatic rings. The number of fused-ring (bicyclic) bond motifs is 2. The number of ether oxygens (including phenoxy) is 1. The van der Waals surface area contributed by atoms with Gasteiger partial charge in [-0.25, -0.2) is 4.98 Å². The molecule has 0 bridgehead atoms. The van der Waals surface area contributed by atoms with E-state index < -0.39 is 0 Å². The van der Waals surface area contributed by atoms with Crippen molar-refractivity contribution >= 4 is 28.2 Å². The SMILES string of the molecule is CCc1nnc2n1CCN(c1nc(Cl)cc3cc(OC)ccc13)C2. The summed E-state index contributed by atoms with van der Waals surface area (Å²) in [5, 5.41) is 11.2. The summed E-state index contributed by atoms with van der Waals surface area (Å²) < 4.78 is 7.51. The number of hydrogen-bond acceptors (Lipinski definition) is 5. The summed E-state index contributed by atoms with van der Waals surface area (Å²) in [5.41, 5.74) is 0. The molecule has 0 atom stereocenters. The van der Waals surface area contributed by atoms with Gasteiger partial charge in [-0.1, -0.05) is 18.5 Å². The molecular weight excluding hydrogens is 326 g/mol. The molecular formula is C17H18ClN5O. The van der Waals surface area contributed by atoms with E-state index in [0.717, 1.165) is 53.5 Å². The monoisotopic (exact) mass is 343 g/mol. The standard InChI is InChI=1S/C17H18ClN5O/c1-3-15-20-21-16-10-22(6-7-23(15)16)17-13-5-4-12(24-2)8-11(13)9-14(18)19-17/h4-5,8-9H,3,6-7,10H2,1-2H3. The molecule has 3 heterocycles. The molecule has 0 radical (unpaired) electrons. The molecule has 0 aliphatic carbocycles. The predicted molar refractivity (Wildman–Crippen MR) is 93.8 cm³/mol. The Morgan fingerprint density at radius 2 is 2.08 bits per heavy atom. The van der Waals surface area contributed by atoms with Crippen LogP contribution in [-0.2, 0) is 19.5 Å². The zero-order valence-electron chi connectivity index (χ0n) is 13.7. The van der Waals surface area contributed by atoms with Gasteiger partial charge in [0.05, 0.1) is 13.7 Å². The molecule has 6 nitrogen and oxygen atoms in total. The van der Waals surface area contributed by atoms with Gasteiger partial charge in [-0.3, -0.25) is 0 Å². The Hall–Kier alpha value is -2.34. The summed E-state index contributed by atoms with van der Waals surface area (Å²) in [4.78, 5) is 6.79. The maximum Gasteiger partial charge on any atom is 0.152 e. The molecule has 4 rings (SSSR count). The second-order valence-electron chi connectivity index (χ2n) is 5.81. The Morgan fingerprint density at radius 3 is 2.88 bits per heavy atom. The van der Waals surface area contributed by atoms with Crippen LogP contribution < -0.4 is 9.64 Å². The predicted octanol–water partition coefficient (Wildman–Crippen LogP) is 3.07. The van der Waals surface area contributed by atoms with E-state index in [1.54, 1.807) is 7.11 Å². The van der Waals surface area contributed by atoms with Crippen molar-refractivity contribution in [3.8, 4) is 5.75 Å². The quantitative estimate of drug-likeness (QED) is 0.684. The molecule has 0 spiro atoms. The van der Waals surface area contributed by atoms with E-state index in [1.807, 2.05) is 24.3 Å². The smallest absolute Gasteiger partial charge is 0.152 e. The van der Waals surface area contributed by atoms with Gasteiger partial charge in [0.2, 0.25) is 0 Å². The molecule has 0 fully saturated rings. The van der Waals surface area contributed by atoms with Gasteiger partial charge < -0.3 is 14.2 Å². The van der Waals surface area contributed by atoms with E-state index in [2.05, 4.69) is 31.6 Å². The lowest BCUT2D eigenvalue weighted by molar-refractivity contribution is 0.415. The Labute approximate surface area is 145 Å². The van der Waals surface area contributed by atoms with Crippen molar-refractivity contribution in [3.05, 3.63) is 41.1 Å². The number of aryl methyl sites for hydroxylation is 1. The maximum absolute atomic E-state index is 6.25. The highest BCUT2D eigenvalue weighted by Crippen LogP contribution is 2.32. The van der Waals surface area contributed by atoms with Crippen LogP contribution in [0, 0.1) is 0 Å². The van der Waals surface area contributed by atoms with Crippen molar-refractivity contribution in [1.82, 2.24) is 19.7 Å². The summed E-state index contributed by atoms with van der Waals surface area (Å²) in [6.07, 6.45) is 0.894. The Morgan fingerprint density at radius 1 is 1.21 bits per heavy atom. The van der Waals surface area contributed by atoms with Crippen LogP contribution in [0.1, 0.15) is 18.6 Å². The molecule has 0 amide bonds. The fraction of sp³-hybridized carbons (Fsp3) is 0.353. The number of methoxy groups -OCH3 is 1. The molecule has 0 saturated carbocycles. The van der Waals surface area contributed by atoms with Crippen LogP contribution in [-0.4, -0.2) is 33.4 Å². The van der Waals surface area contributed by atoms with Gasteiger partial charge in [0.15, 0.2) is 5.82 Å². The second kappa shape index (κ2) is 5.94. The van der Waals surface area contributed by atoms with Crippen LogP contribution in [0.3, 0.4) is 0 Å². The van der Waals surface area contributed by atoms with Gasteiger partial charge in [0.1, 0.15) is 22.5 Å². The third-order valence-corrected chi connectivity index (χ3v) is 4.63. The molecule has 124 valence electrons. The topological polar surface area (TPSA) is 56.1 Å². The first-order valence-electron chi connectivity index (χ1n) is 7.99. The largest absolute Gasteiger partial charge is 0.497 e. The van der Waals surface area contributed by atoms with E-state index in [9.17, 15) is 0 Å². The van der Waals surface area contributed by atoms with E-state index in [4.69, 9.17) is 16.3 Å². The minimum absolute atomic E-state index is 0.479. The van der Waals surface area contributed by atoms with Crippen LogP contribution in [0.15, 0.2) is 24.3 Å². The van der Waals surface area contributed by atoms with Crippen molar-refractivity contribution in [3.63, 3.8) is 0 Å². The van der Waals surface area contributed by atoms with Crippen LogP contribution >= 0.6 is 11.6 Å². The summed E-state index contributed by atoms with van der Waals surface area (Å²) in [5.74, 6) is 3.70. The lowest BCUT2D eigenvalue weighted by Crippen LogP contribution is -2.35. The molecule has 24 heavy (non-hydrogen) atoms. The normalized spacial score (nSPS) is 14.0. The van der Waals surface area contributed by atoms with Gasteiger partial charge in [-0.05, 0) is 29.7 Å². The number of rotatable bonds is 3. The van der Waals surface area contributed by atoms with Crippen molar-refractivity contribution in [1.29, 1.82) is 0 Å². The average molecular weight is 344 g/mol. The number of anilines is 1. The fourth-order valence-electron chi connectivity index (χ4n) is 3.21.